The van der Waals surface area contributed by atoms with Crippen LogP contribution in [0.15, 0.2) is 29.2 Å². The van der Waals surface area contributed by atoms with Gasteiger partial charge in [0.2, 0.25) is 0 Å². The molecule has 0 aliphatic carbocycles. The van der Waals surface area contributed by atoms with Gasteiger partial charge in [-0.3, -0.25) is 9.59 Å². The second-order valence-electron chi connectivity index (χ2n) is 7.75. The smallest absolute Gasteiger partial charge is 0.512 e. The van der Waals surface area contributed by atoms with Gasteiger partial charge in [0.05, 0.1) is 11.1 Å². The molecule has 3 rings (SSSR count). The van der Waals surface area contributed by atoms with Gasteiger partial charge in [-0.05, 0) is 57.9 Å². The highest BCUT2D eigenvalue weighted by molar-refractivity contribution is 6.33. The van der Waals surface area contributed by atoms with Crippen LogP contribution in [0.25, 0.3) is 10.9 Å². The number of hydrogen-bond donors (Lipinski definition) is 4. The van der Waals surface area contributed by atoms with Gasteiger partial charge < -0.3 is 29.6 Å². The number of benzene rings is 1. The lowest BCUT2D eigenvalue weighted by molar-refractivity contribution is 0.0952. The first-order valence-electron chi connectivity index (χ1n) is 9.74. The minimum absolute atomic E-state index is 0.0689. The SMILES string of the molecule is Cc1cc(C)c(CNC(=O)c2cc(OB(O)O)cc3c2c(C)cn3C(C)C)c(=O)[nH]1. The summed E-state index contributed by atoms with van der Waals surface area (Å²) >= 11 is 0. The molecule has 1 aromatic carbocycles. The van der Waals surface area contributed by atoms with Gasteiger partial charge in [-0.15, -0.1) is 0 Å². The molecule has 0 unspecified atom stereocenters. The third-order valence-electron chi connectivity index (χ3n) is 5.06. The summed E-state index contributed by atoms with van der Waals surface area (Å²) in [6.45, 7) is 9.63. The van der Waals surface area contributed by atoms with Gasteiger partial charge in [0.1, 0.15) is 5.75 Å². The molecule has 30 heavy (non-hydrogen) atoms. The molecule has 1 amide bonds. The van der Waals surface area contributed by atoms with E-state index in [2.05, 4.69) is 10.3 Å². The Bertz CT molecular complexity index is 1160. The van der Waals surface area contributed by atoms with Gasteiger partial charge in [-0.2, -0.15) is 0 Å². The van der Waals surface area contributed by atoms with E-state index < -0.39 is 7.32 Å². The Morgan fingerprint density at radius 1 is 1.20 bits per heavy atom. The molecule has 158 valence electrons. The number of rotatable bonds is 6. The Kier molecular flexibility index (Phi) is 6.05. The van der Waals surface area contributed by atoms with Crippen LogP contribution >= 0.6 is 0 Å². The van der Waals surface area contributed by atoms with Gasteiger partial charge in [-0.1, -0.05) is 0 Å². The molecule has 3 aromatic rings. The molecule has 0 spiro atoms. The molecule has 4 N–H and O–H groups in total. The van der Waals surface area contributed by atoms with Gasteiger partial charge in [-0.25, -0.2) is 0 Å². The van der Waals surface area contributed by atoms with Gasteiger partial charge in [0, 0.05) is 41.5 Å². The number of nitrogens with zero attached hydrogens (tertiary/aromatic N) is 1. The number of amides is 1. The summed E-state index contributed by atoms with van der Waals surface area (Å²) in [4.78, 5) is 28.1. The number of pyridine rings is 1. The molecule has 0 atom stereocenters. The van der Waals surface area contributed by atoms with Crippen LogP contribution in [0.4, 0.5) is 0 Å². The molecule has 0 fully saturated rings. The quantitative estimate of drug-likeness (QED) is 0.464. The summed E-state index contributed by atoms with van der Waals surface area (Å²) < 4.78 is 7.03. The zero-order valence-corrected chi connectivity index (χ0v) is 17.7. The highest BCUT2D eigenvalue weighted by Gasteiger charge is 2.21. The summed E-state index contributed by atoms with van der Waals surface area (Å²) in [5.41, 5.74) is 3.79. The lowest BCUT2D eigenvalue weighted by Gasteiger charge is -2.14. The molecule has 0 saturated carbocycles. The maximum absolute atomic E-state index is 13.1. The molecule has 9 heteroatoms. The normalized spacial score (nSPS) is 11.2. The number of aromatic nitrogens is 2. The highest BCUT2D eigenvalue weighted by atomic mass is 16.6. The van der Waals surface area contributed by atoms with Crippen molar-refractivity contribution in [2.75, 3.05) is 0 Å². The number of H-pyrrole nitrogens is 1. The van der Waals surface area contributed by atoms with E-state index in [0.717, 1.165) is 27.7 Å². The van der Waals surface area contributed by atoms with Crippen LogP contribution in [0.3, 0.4) is 0 Å². The van der Waals surface area contributed by atoms with E-state index in [1.807, 2.05) is 44.5 Å². The molecular weight excluding hydrogens is 385 g/mol. The van der Waals surface area contributed by atoms with E-state index in [0.29, 0.717) is 11.1 Å². The number of hydrogen-bond acceptors (Lipinski definition) is 5. The highest BCUT2D eigenvalue weighted by Crippen LogP contribution is 2.32. The maximum atomic E-state index is 13.1. The molecule has 0 radical (unpaired) electrons. The van der Waals surface area contributed by atoms with Crippen LogP contribution in [0.1, 0.15) is 52.6 Å². The first-order chi connectivity index (χ1) is 14.1. The number of carbonyl (C=O) groups excluding carboxylic acids is 1. The first kappa shape index (κ1) is 21.7. The number of aromatic amines is 1. The van der Waals surface area contributed by atoms with E-state index in [-0.39, 0.29) is 29.8 Å². The zero-order valence-electron chi connectivity index (χ0n) is 17.7. The Morgan fingerprint density at radius 3 is 2.50 bits per heavy atom. The number of fused-ring (bicyclic) bond motifs is 1. The summed E-state index contributed by atoms with van der Waals surface area (Å²) in [7, 11) is -2.00. The lowest BCUT2D eigenvalue weighted by atomic mass is 10.0. The Balaban J connectivity index is 2.03. The lowest BCUT2D eigenvalue weighted by Crippen LogP contribution is -2.28. The van der Waals surface area contributed by atoms with Crippen LogP contribution in [-0.2, 0) is 6.54 Å². The van der Waals surface area contributed by atoms with Crippen molar-refractivity contribution in [3.05, 3.63) is 62.7 Å². The predicted molar refractivity (Wildman–Crippen MR) is 116 cm³/mol. The number of aryl methyl sites for hydroxylation is 3. The van der Waals surface area contributed by atoms with Crippen molar-refractivity contribution in [3.8, 4) is 5.75 Å². The fraction of sp³-hybridized carbons (Fsp3) is 0.333. The third kappa shape index (κ3) is 4.27. The number of carbonyl (C=O) groups is 1. The molecule has 0 aliphatic heterocycles. The van der Waals surface area contributed by atoms with Crippen molar-refractivity contribution < 1.29 is 19.5 Å². The summed E-state index contributed by atoms with van der Waals surface area (Å²) in [6, 6.07) is 5.12. The minimum Gasteiger partial charge on any atom is -0.512 e. The monoisotopic (exact) mass is 411 g/mol. The van der Waals surface area contributed by atoms with Crippen LogP contribution in [0.2, 0.25) is 0 Å². The van der Waals surface area contributed by atoms with Crippen molar-refractivity contribution in [2.45, 2.75) is 47.2 Å². The average molecular weight is 411 g/mol. The molecule has 0 bridgehead atoms. The van der Waals surface area contributed by atoms with Crippen LogP contribution in [0, 0.1) is 20.8 Å². The van der Waals surface area contributed by atoms with E-state index in [9.17, 15) is 19.6 Å². The van der Waals surface area contributed by atoms with Crippen molar-refractivity contribution in [2.24, 2.45) is 0 Å². The maximum Gasteiger partial charge on any atom is 0.707 e. The van der Waals surface area contributed by atoms with Crippen molar-refractivity contribution in [1.29, 1.82) is 0 Å². The fourth-order valence-corrected chi connectivity index (χ4v) is 3.72. The van der Waals surface area contributed by atoms with Crippen molar-refractivity contribution in [3.63, 3.8) is 0 Å². The van der Waals surface area contributed by atoms with Crippen LogP contribution < -0.4 is 15.5 Å². The Morgan fingerprint density at radius 2 is 1.90 bits per heavy atom. The Hall–Kier alpha value is -3.04. The Labute approximate surface area is 174 Å². The van der Waals surface area contributed by atoms with E-state index in [4.69, 9.17) is 4.65 Å². The minimum atomic E-state index is -2.00. The fourth-order valence-electron chi connectivity index (χ4n) is 3.72. The molecule has 8 nitrogen and oxygen atoms in total. The summed E-state index contributed by atoms with van der Waals surface area (Å²) in [5, 5.41) is 22.0. The van der Waals surface area contributed by atoms with Gasteiger partial charge >= 0.3 is 7.32 Å². The topological polar surface area (TPSA) is 117 Å². The molecule has 2 heterocycles. The zero-order chi connectivity index (χ0) is 22.2. The van der Waals surface area contributed by atoms with Gasteiger partial charge in [0.15, 0.2) is 0 Å². The van der Waals surface area contributed by atoms with E-state index in [1.165, 1.54) is 6.07 Å². The molecule has 0 saturated heterocycles. The molecular formula is C21H26BN3O5. The van der Waals surface area contributed by atoms with Gasteiger partial charge in [0.25, 0.3) is 11.5 Å². The molecule has 2 aromatic heterocycles. The average Bonchev–Trinajstić information content (AvgIpc) is 2.96. The molecule has 0 aliphatic rings. The van der Waals surface area contributed by atoms with E-state index >= 15 is 0 Å². The predicted octanol–water partition coefficient (Wildman–Crippen LogP) is 2.11. The largest absolute Gasteiger partial charge is 0.707 e. The van der Waals surface area contributed by atoms with Crippen LogP contribution in [-0.4, -0.2) is 32.8 Å². The number of nitrogens with one attached hydrogen (secondary N) is 2. The van der Waals surface area contributed by atoms with Crippen molar-refractivity contribution >= 4 is 24.1 Å². The second-order valence-corrected chi connectivity index (χ2v) is 7.75. The van der Waals surface area contributed by atoms with Crippen molar-refractivity contribution in [1.82, 2.24) is 14.9 Å². The second kappa shape index (κ2) is 8.37. The van der Waals surface area contributed by atoms with Crippen LogP contribution in [0.5, 0.6) is 5.75 Å². The first-order valence-corrected chi connectivity index (χ1v) is 9.74. The third-order valence-corrected chi connectivity index (χ3v) is 5.06. The standard InChI is InChI=1S/C21H26BN3O5/c1-11(2)25-10-13(4)19-16(7-15(8-18(19)25)30-22(28)29)20(26)23-9-17-12(3)6-14(5)24-21(17)27/h6-8,10-11,28-29H,9H2,1-5H3,(H,23,26)(H,24,27). The summed E-state index contributed by atoms with van der Waals surface area (Å²) in [5.74, 6) is -0.228. The summed E-state index contributed by atoms with van der Waals surface area (Å²) in [6.07, 6.45) is 1.94. The van der Waals surface area contributed by atoms with E-state index in [1.54, 1.807) is 13.0 Å².